The molecule has 0 N–H and O–H groups in total. The summed E-state index contributed by atoms with van der Waals surface area (Å²) in [6.07, 6.45) is -1.12. The summed E-state index contributed by atoms with van der Waals surface area (Å²) in [6.45, 7) is 5.82. The molecule has 0 aromatic rings. The molecule has 16 heavy (non-hydrogen) atoms. The first-order valence-electron chi connectivity index (χ1n) is 5.46. The summed E-state index contributed by atoms with van der Waals surface area (Å²) >= 11 is 0. The van der Waals surface area contributed by atoms with Crippen molar-refractivity contribution >= 4 is 6.09 Å². The molecule has 0 spiro atoms. The van der Waals surface area contributed by atoms with Crippen LogP contribution in [0.5, 0.6) is 0 Å². The van der Waals surface area contributed by atoms with Crippen molar-refractivity contribution < 1.29 is 18.7 Å². The minimum atomic E-state index is -0.979. The van der Waals surface area contributed by atoms with Gasteiger partial charge in [0.1, 0.15) is 11.8 Å². The molecule has 0 bridgehead atoms. The van der Waals surface area contributed by atoms with E-state index in [2.05, 4.69) is 0 Å². The molecule has 1 rings (SSSR count). The lowest BCUT2D eigenvalue weighted by Gasteiger charge is -2.27. The van der Waals surface area contributed by atoms with Crippen molar-refractivity contribution in [1.82, 2.24) is 4.90 Å². The molecule has 0 radical (unpaired) electrons. The van der Waals surface area contributed by atoms with E-state index in [1.165, 1.54) is 4.90 Å². The monoisotopic (exact) mass is 233 g/mol. The molecule has 1 amide bonds. The van der Waals surface area contributed by atoms with Crippen LogP contribution in [0.15, 0.2) is 0 Å². The maximum atomic E-state index is 13.2. The van der Waals surface area contributed by atoms with Crippen LogP contribution in [-0.2, 0) is 9.47 Å². The van der Waals surface area contributed by atoms with Crippen molar-refractivity contribution in [2.24, 2.45) is 0 Å². The summed E-state index contributed by atoms with van der Waals surface area (Å²) in [5, 5.41) is 0. The Bertz CT molecular complexity index is 252. The number of ether oxygens (including phenoxy) is 2. The molecule has 1 saturated heterocycles. The average Bonchev–Trinajstić information content (AvgIpc) is 2.44. The van der Waals surface area contributed by atoms with Crippen LogP contribution < -0.4 is 0 Å². The number of alkyl halides is 1. The van der Waals surface area contributed by atoms with Crippen molar-refractivity contribution in [2.45, 2.75) is 45.0 Å². The van der Waals surface area contributed by atoms with Crippen molar-refractivity contribution in [1.29, 1.82) is 0 Å². The molecule has 0 unspecified atom stereocenters. The van der Waals surface area contributed by atoms with Crippen LogP contribution >= 0.6 is 0 Å². The van der Waals surface area contributed by atoms with E-state index in [9.17, 15) is 9.18 Å². The van der Waals surface area contributed by atoms with Gasteiger partial charge in [-0.2, -0.15) is 0 Å². The molecule has 94 valence electrons. The van der Waals surface area contributed by atoms with E-state index in [0.717, 1.165) is 0 Å². The molecule has 2 atom stereocenters. The van der Waals surface area contributed by atoms with E-state index in [1.807, 2.05) is 0 Å². The lowest BCUT2D eigenvalue weighted by Crippen LogP contribution is -2.41. The van der Waals surface area contributed by atoms with E-state index in [1.54, 1.807) is 27.9 Å². The average molecular weight is 233 g/mol. The fraction of sp³-hybridized carbons (Fsp3) is 0.909. The first-order valence-corrected chi connectivity index (χ1v) is 5.46. The smallest absolute Gasteiger partial charge is 0.410 e. The van der Waals surface area contributed by atoms with Crippen LogP contribution in [0.1, 0.15) is 27.2 Å². The SMILES string of the molecule is COC[C@@H]1C[C@@H](F)CN1C(=O)OC(C)(C)C. The number of methoxy groups -OCH3 is 1. The number of carbonyl (C=O) groups excluding carboxylic acids is 1. The van der Waals surface area contributed by atoms with E-state index in [4.69, 9.17) is 9.47 Å². The fourth-order valence-electron chi connectivity index (χ4n) is 1.75. The zero-order chi connectivity index (χ0) is 12.3. The van der Waals surface area contributed by atoms with Crippen molar-refractivity contribution in [3.05, 3.63) is 0 Å². The van der Waals surface area contributed by atoms with E-state index < -0.39 is 17.9 Å². The van der Waals surface area contributed by atoms with Crippen molar-refractivity contribution in [2.75, 3.05) is 20.3 Å². The molecule has 1 heterocycles. The number of amides is 1. The van der Waals surface area contributed by atoms with Crippen LogP contribution in [0.25, 0.3) is 0 Å². The molecular weight excluding hydrogens is 213 g/mol. The number of hydrogen-bond donors (Lipinski definition) is 0. The molecule has 1 fully saturated rings. The van der Waals surface area contributed by atoms with Crippen LogP contribution in [0.3, 0.4) is 0 Å². The maximum Gasteiger partial charge on any atom is 0.410 e. The van der Waals surface area contributed by atoms with Gasteiger partial charge in [-0.25, -0.2) is 9.18 Å². The molecule has 0 aromatic carbocycles. The Morgan fingerprint density at radius 3 is 2.62 bits per heavy atom. The van der Waals surface area contributed by atoms with Crippen LogP contribution in [-0.4, -0.2) is 49.1 Å². The van der Waals surface area contributed by atoms with E-state index in [-0.39, 0.29) is 12.6 Å². The summed E-state index contributed by atoms with van der Waals surface area (Å²) in [7, 11) is 1.54. The zero-order valence-electron chi connectivity index (χ0n) is 10.3. The van der Waals surface area contributed by atoms with E-state index >= 15 is 0 Å². The molecule has 0 aliphatic carbocycles. The molecule has 0 saturated carbocycles. The minimum Gasteiger partial charge on any atom is -0.444 e. The van der Waals surface area contributed by atoms with Gasteiger partial charge in [0.25, 0.3) is 0 Å². The first kappa shape index (κ1) is 13.2. The van der Waals surface area contributed by atoms with Gasteiger partial charge in [0.05, 0.1) is 19.2 Å². The molecule has 1 aliphatic heterocycles. The number of nitrogens with zero attached hydrogens (tertiary/aromatic N) is 1. The second-order valence-corrected chi connectivity index (χ2v) is 5.07. The molecular formula is C11H20FNO3. The predicted molar refractivity (Wildman–Crippen MR) is 58.1 cm³/mol. The Balaban J connectivity index is 2.59. The molecule has 1 aliphatic rings. The van der Waals surface area contributed by atoms with Gasteiger partial charge in [-0.1, -0.05) is 0 Å². The van der Waals surface area contributed by atoms with Gasteiger partial charge in [0, 0.05) is 13.5 Å². The van der Waals surface area contributed by atoms with Gasteiger partial charge in [0.15, 0.2) is 0 Å². The molecule has 4 nitrogen and oxygen atoms in total. The second kappa shape index (κ2) is 4.99. The number of halogens is 1. The third kappa shape index (κ3) is 3.63. The third-order valence-corrected chi connectivity index (χ3v) is 2.35. The van der Waals surface area contributed by atoms with Crippen LogP contribution in [0.4, 0.5) is 9.18 Å². The van der Waals surface area contributed by atoms with Crippen LogP contribution in [0, 0.1) is 0 Å². The Morgan fingerprint density at radius 2 is 2.12 bits per heavy atom. The molecule has 5 heteroatoms. The van der Waals surface area contributed by atoms with Gasteiger partial charge in [-0.05, 0) is 20.8 Å². The number of rotatable bonds is 2. The Labute approximate surface area is 95.7 Å². The quantitative estimate of drug-likeness (QED) is 0.732. The first-order chi connectivity index (χ1) is 7.33. The maximum absolute atomic E-state index is 13.2. The summed E-state index contributed by atoms with van der Waals surface area (Å²) in [5.41, 5.74) is -0.552. The van der Waals surface area contributed by atoms with Crippen molar-refractivity contribution in [3.8, 4) is 0 Å². The summed E-state index contributed by atoms with van der Waals surface area (Å²) in [6, 6.07) is -0.213. The Hall–Kier alpha value is -0.840. The van der Waals surface area contributed by atoms with Gasteiger partial charge in [0.2, 0.25) is 0 Å². The lowest BCUT2D eigenvalue weighted by molar-refractivity contribution is 0.0143. The third-order valence-electron chi connectivity index (χ3n) is 2.35. The van der Waals surface area contributed by atoms with Crippen molar-refractivity contribution in [3.63, 3.8) is 0 Å². The molecule has 0 aromatic heterocycles. The normalized spacial score (nSPS) is 25.9. The summed E-state index contributed by atoms with van der Waals surface area (Å²) in [5.74, 6) is 0. The number of hydrogen-bond acceptors (Lipinski definition) is 3. The van der Waals surface area contributed by atoms with Gasteiger partial charge >= 0.3 is 6.09 Å². The Morgan fingerprint density at radius 1 is 1.50 bits per heavy atom. The zero-order valence-corrected chi connectivity index (χ0v) is 10.3. The highest BCUT2D eigenvalue weighted by atomic mass is 19.1. The summed E-state index contributed by atoms with van der Waals surface area (Å²) in [4.78, 5) is 13.2. The van der Waals surface area contributed by atoms with Crippen LogP contribution in [0.2, 0.25) is 0 Å². The lowest BCUT2D eigenvalue weighted by atomic mass is 10.2. The largest absolute Gasteiger partial charge is 0.444 e. The second-order valence-electron chi connectivity index (χ2n) is 5.07. The summed E-state index contributed by atoms with van der Waals surface area (Å²) < 4.78 is 23.4. The predicted octanol–water partition coefficient (Wildman–Crippen LogP) is 1.98. The minimum absolute atomic E-state index is 0.100. The van der Waals surface area contributed by atoms with Gasteiger partial charge < -0.3 is 9.47 Å². The Kier molecular flexibility index (Phi) is 4.13. The number of carbonyl (C=O) groups is 1. The highest BCUT2D eigenvalue weighted by Crippen LogP contribution is 2.23. The van der Waals surface area contributed by atoms with E-state index in [0.29, 0.717) is 13.0 Å². The van der Waals surface area contributed by atoms with Gasteiger partial charge in [-0.3, -0.25) is 4.90 Å². The topological polar surface area (TPSA) is 38.8 Å². The fourth-order valence-corrected chi connectivity index (χ4v) is 1.75. The standard InChI is InChI=1S/C11H20FNO3/c1-11(2,3)16-10(14)13-6-8(12)5-9(13)7-15-4/h8-9H,5-7H2,1-4H3/t8-,9+/m1/s1. The number of likely N-dealkylation sites (tertiary alicyclic amines) is 1. The van der Waals surface area contributed by atoms with Gasteiger partial charge in [-0.15, -0.1) is 0 Å². The highest BCUT2D eigenvalue weighted by molar-refractivity contribution is 5.69. The highest BCUT2D eigenvalue weighted by Gasteiger charge is 2.37.